The van der Waals surface area contributed by atoms with Crippen LogP contribution >= 0.6 is 11.6 Å². The van der Waals surface area contributed by atoms with Crippen molar-refractivity contribution in [3.63, 3.8) is 0 Å². The molecule has 0 amide bonds. The van der Waals surface area contributed by atoms with E-state index in [4.69, 9.17) is 35.1 Å². The molecule has 1 aliphatic rings. The van der Waals surface area contributed by atoms with Crippen molar-refractivity contribution in [2.24, 2.45) is 0 Å². The monoisotopic (exact) mass is 429 g/mol. The zero-order valence-corrected chi connectivity index (χ0v) is 17.3. The lowest BCUT2D eigenvalue weighted by Gasteiger charge is -2.21. The van der Waals surface area contributed by atoms with E-state index in [9.17, 15) is 4.79 Å². The second-order valence-corrected chi connectivity index (χ2v) is 7.29. The van der Waals surface area contributed by atoms with E-state index in [-0.39, 0.29) is 13.4 Å². The Labute approximate surface area is 178 Å². The predicted octanol–water partition coefficient (Wildman–Crippen LogP) is 4.75. The molecule has 7 nitrogen and oxygen atoms in total. The van der Waals surface area contributed by atoms with E-state index in [1.165, 1.54) is 0 Å². The highest BCUT2D eigenvalue weighted by molar-refractivity contribution is 6.30. The zero-order valence-electron chi connectivity index (χ0n) is 16.6. The number of esters is 1. The summed E-state index contributed by atoms with van der Waals surface area (Å²) >= 11 is 6.14. The lowest BCUT2D eigenvalue weighted by atomic mass is 10.1. The number of rotatable bonds is 6. The van der Waals surface area contributed by atoms with Crippen LogP contribution < -0.4 is 9.47 Å². The molecule has 156 valence electrons. The Morgan fingerprint density at radius 3 is 2.70 bits per heavy atom. The van der Waals surface area contributed by atoms with Gasteiger partial charge in [0.05, 0.1) is 23.4 Å². The molecule has 0 unspecified atom stereocenters. The topological polar surface area (TPSA) is 80.0 Å². The van der Waals surface area contributed by atoms with E-state index in [0.717, 1.165) is 22.6 Å². The van der Waals surface area contributed by atoms with Crippen molar-refractivity contribution < 1.29 is 28.3 Å². The van der Waals surface area contributed by atoms with Crippen molar-refractivity contribution in [2.45, 2.75) is 33.7 Å². The molecule has 30 heavy (non-hydrogen) atoms. The zero-order chi connectivity index (χ0) is 21.1. The van der Waals surface area contributed by atoms with Gasteiger partial charge in [-0.1, -0.05) is 16.8 Å². The van der Waals surface area contributed by atoms with Gasteiger partial charge in [0, 0.05) is 16.1 Å². The van der Waals surface area contributed by atoms with E-state index in [0.29, 0.717) is 40.9 Å². The van der Waals surface area contributed by atoms with Gasteiger partial charge in [0.25, 0.3) is 0 Å². The van der Waals surface area contributed by atoms with Crippen LogP contribution in [-0.4, -0.2) is 17.9 Å². The molecule has 4 rings (SSSR count). The van der Waals surface area contributed by atoms with Crippen LogP contribution in [0.1, 0.15) is 38.5 Å². The molecule has 0 radical (unpaired) electrons. The van der Waals surface area contributed by atoms with Gasteiger partial charge in [0.2, 0.25) is 0 Å². The number of ether oxygens (including phenoxy) is 4. The fraction of sp³-hybridized carbons (Fsp3) is 0.273. The first kappa shape index (κ1) is 20.3. The molecular formula is C22H20ClNO6. The number of benzene rings is 2. The molecule has 0 atom stereocenters. The van der Waals surface area contributed by atoms with Crippen LogP contribution in [-0.2, 0) is 29.3 Å². The first-order chi connectivity index (χ1) is 14.5. The van der Waals surface area contributed by atoms with E-state index >= 15 is 0 Å². The van der Waals surface area contributed by atoms with Gasteiger partial charge in [-0.25, -0.2) is 4.79 Å². The van der Waals surface area contributed by atoms with Crippen molar-refractivity contribution in [1.29, 1.82) is 0 Å². The van der Waals surface area contributed by atoms with Gasteiger partial charge >= 0.3 is 5.97 Å². The molecule has 0 fully saturated rings. The SMILES string of the molecule is Cc1noc(C)c1COc1ccc(C(=O)OCc2cc(Cl)cc3c2OCOC3)cc1. The van der Waals surface area contributed by atoms with Gasteiger partial charge in [0.15, 0.2) is 6.79 Å². The van der Waals surface area contributed by atoms with Gasteiger partial charge in [0.1, 0.15) is 30.5 Å². The Kier molecular flexibility index (Phi) is 5.92. The smallest absolute Gasteiger partial charge is 0.338 e. The minimum atomic E-state index is -0.451. The van der Waals surface area contributed by atoms with E-state index in [2.05, 4.69) is 5.16 Å². The van der Waals surface area contributed by atoms with Crippen LogP contribution in [0.2, 0.25) is 5.02 Å². The lowest BCUT2D eigenvalue weighted by molar-refractivity contribution is -0.0180. The van der Waals surface area contributed by atoms with Crippen LogP contribution in [0.25, 0.3) is 0 Å². The molecule has 8 heteroatoms. The first-order valence-corrected chi connectivity index (χ1v) is 9.72. The van der Waals surface area contributed by atoms with Crippen LogP contribution in [0.15, 0.2) is 40.9 Å². The first-order valence-electron chi connectivity index (χ1n) is 9.35. The number of hydrogen-bond acceptors (Lipinski definition) is 7. The van der Waals surface area contributed by atoms with Gasteiger partial charge in [-0.3, -0.25) is 0 Å². The van der Waals surface area contributed by atoms with Crippen LogP contribution in [0.3, 0.4) is 0 Å². The molecule has 0 N–H and O–H groups in total. The molecule has 1 aliphatic heterocycles. The Hall–Kier alpha value is -3.03. The number of carbonyl (C=O) groups is 1. The lowest BCUT2D eigenvalue weighted by Crippen LogP contribution is -2.14. The average Bonchev–Trinajstić information content (AvgIpc) is 3.07. The third kappa shape index (κ3) is 4.42. The van der Waals surface area contributed by atoms with Gasteiger partial charge < -0.3 is 23.5 Å². The summed E-state index contributed by atoms with van der Waals surface area (Å²) in [6, 6.07) is 10.3. The van der Waals surface area contributed by atoms with Crippen LogP contribution in [0.5, 0.6) is 11.5 Å². The summed E-state index contributed by atoms with van der Waals surface area (Å²) in [4.78, 5) is 12.4. The summed E-state index contributed by atoms with van der Waals surface area (Å²) in [5, 5.41) is 4.44. The molecule has 0 spiro atoms. The number of fused-ring (bicyclic) bond motifs is 1. The number of halogens is 1. The summed E-state index contributed by atoms with van der Waals surface area (Å²) < 4.78 is 27.1. The largest absolute Gasteiger partial charge is 0.489 e. The van der Waals surface area contributed by atoms with Gasteiger partial charge in [-0.15, -0.1) is 0 Å². The number of aromatic nitrogens is 1. The second kappa shape index (κ2) is 8.77. The molecule has 0 bridgehead atoms. The standard InChI is InChI=1S/C22H20ClNO6/c1-13-20(14(2)30-24-13)11-27-19-5-3-15(4-6-19)22(25)28-10-17-8-18(23)7-16-9-26-12-29-21(16)17/h3-8H,9-12H2,1-2H3. The second-order valence-electron chi connectivity index (χ2n) is 6.86. The summed E-state index contributed by atoms with van der Waals surface area (Å²) in [6.45, 7) is 4.66. The Morgan fingerprint density at radius 2 is 1.97 bits per heavy atom. The van der Waals surface area contributed by atoms with Gasteiger partial charge in [-0.2, -0.15) is 0 Å². The maximum Gasteiger partial charge on any atom is 0.338 e. The van der Waals surface area contributed by atoms with Crippen molar-refractivity contribution >= 4 is 17.6 Å². The van der Waals surface area contributed by atoms with Crippen molar-refractivity contribution in [3.8, 4) is 11.5 Å². The summed E-state index contributed by atoms with van der Waals surface area (Å²) in [7, 11) is 0. The minimum absolute atomic E-state index is 0.0476. The molecule has 2 aromatic carbocycles. The van der Waals surface area contributed by atoms with E-state index in [1.807, 2.05) is 13.8 Å². The maximum atomic E-state index is 12.4. The third-order valence-corrected chi connectivity index (χ3v) is 4.98. The maximum absolute atomic E-state index is 12.4. The van der Waals surface area contributed by atoms with Crippen LogP contribution in [0, 0.1) is 13.8 Å². The summed E-state index contributed by atoms with van der Waals surface area (Å²) in [5.74, 6) is 1.56. The fourth-order valence-electron chi connectivity index (χ4n) is 3.14. The normalized spacial score (nSPS) is 12.8. The average molecular weight is 430 g/mol. The van der Waals surface area contributed by atoms with Crippen molar-refractivity contribution in [2.75, 3.05) is 6.79 Å². The summed E-state index contributed by atoms with van der Waals surface area (Å²) in [5.41, 5.74) is 3.66. The Balaban J connectivity index is 1.37. The Bertz CT molecular complexity index is 1040. The molecule has 3 aromatic rings. The van der Waals surface area contributed by atoms with Crippen molar-refractivity contribution in [3.05, 3.63) is 75.1 Å². The molecule has 2 heterocycles. The molecule has 0 aliphatic carbocycles. The van der Waals surface area contributed by atoms with Crippen molar-refractivity contribution in [1.82, 2.24) is 5.16 Å². The highest BCUT2D eigenvalue weighted by Crippen LogP contribution is 2.32. The highest BCUT2D eigenvalue weighted by atomic mass is 35.5. The molecule has 0 saturated carbocycles. The van der Waals surface area contributed by atoms with E-state index < -0.39 is 5.97 Å². The molecule has 0 saturated heterocycles. The number of aryl methyl sites for hydroxylation is 2. The molecular weight excluding hydrogens is 410 g/mol. The van der Waals surface area contributed by atoms with E-state index in [1.54, 1.807) is 36.4 Å². The number of carbonyl (C=O) groups excluding carboxylic acids is 1. The van der Waals surface area contributed by atoms with Crippen LogP contribution in [0.4, 0.5) is 0 Å². The third-order valence-electron chi connectivity index (χ3n) is 4.76. The predicted molar refractivity (Wildman–Crippen MR) is 108 cm³/mol. The quantitative estimate of drug-likeness (QED) is 0.523. The number of hydrogen-bond donors (Lipinski definition) is 0. The number of nitrogens with zero attached hydrogens (tertiary/aromatic N) is 1. The minimum Gasteiger partial charge on any atom is -0.489 e. The Morgan fingerprint density at radius 1 is 1.17 bits per heavy atom. The fourth-order valence-corrected chi connectivity index (χ4v) is 3.40. The van der Waals surface area contributed by atoms with Gasteiger partial charge in [-0.05, 0) is 50.2 Å². The summed E-state index contributed by atoms with van der Waals surface area (Å²) in [6.07, 6.45) is 0. The highest BCUT2D eigenvalue weighted by Gasteiger charge is 2.18. The molecule has 1 aromatic heterocycles.